The van der Waals surface area contributed by atoms with Crippen LogP contribution in [0.15, 0.2) is 66.7 Å². The first kappa shape index (κ1) is 19.0. The molecular formula is C21H16Cl2N2O2. The van der Waals surface area contributed by atoms with Crippen molar-refractivity contribution in [1.29, 1.82) is 0 Å². The van der Waals surface area contributed by atoms with Crippen LogP contribution >= 0.6 is 23.2 Å². The van der Waals surface area contributed by atoms with E-state index in [1.165, 1.54) is 0 Å². The molecule has 3 aromatic rings. The highest BCUT2D eigenvalue weighted by Gasteiger charge is 2.12. The second-order valence-electron chi connectivity index (χ2n) is 5.96. The molecule has 6 heteroatoms. The second-order valence-corrected chi connectivity index (χ2v) is 6.83. The van der Waals surface area contributed by atoms with Gasteiger partial charge in [0.25, 0.3) is 11.8 Å². The van der Waals surface area contributed by atoms with Crippen molar-refractivity contribution < 1.29 is 9.59 Å². The number of aryl methyl sites for hydroxylation is 1. The molecule has 0 unspecified atom stereocenters. The summed E-state index contributed by atoms with van der Waals surface area (Å²) < 4.78 is 0. The minimum atomic E-state index is -0.330. The molecular weight excluding hydrogens is 383 g/mol. The molecule has 0 aromatic heterocycles. The first-order valence-corrected chi connectivity index (χ1v) is 8.92. The molecule has 27 heavy (non-hydrogen) atoms. The molecule has 0 aliphatic heterocycles. The van der Waals surface area contributed by atoms with Gasteiger partial charge in [0, 0.05) is 32.5 Å². The maximum absolute atomic E-state index is 12.5. The Kier molecular flexibility index (Phi) is 5.79. The summed E-state index contributed by atoms with van der Waals surface area (Å²) in [4.78, 5) is 24.9. The van der Waals surface area contributed by atoms with Gasteiger partial charge in [-0.05, 0) is 55.0 Å². The van der Waals surface area contributed by atoms with Crippen LogP contribution in [0.2, 0.25) is 10.0 Å². The van der Waals surface area contributed by atoms with Crippen molar-refractivity contribution in [2.45, 2.75) is 6.92 Å². The predicted octanol–water partition coefficient (Wildman–Crippen LogP) is 5.81. The van der Waals surface area contributed by atoms with Crippen molar-refractivity contribution in [2.24, 2.45) is 0 Å². The molecule has 3 rings (SSSR count). The van der Waals surface area contributed by atoms with Crippen molar-refractivity contribution in [1.82, 2.24) is 0 Å². The van der Waals surface area contributed by atoms with E-state index in [2.05, 4.69) is 10.6 Å². The Morgan fingerprint density at radius 2 is 1.37 bits per heavy atom. The third kappa shape index (κ3) is 4.88. The van der Waals surface area contributed by atoms with Gasteiger partial charge in [-0.1, -0.05) is 47.5 Å². The zero-order chi connectivity index (χ0) is 19.4. The Labute approximate surface area is 167 Å². The van der Waals surface area contributed by atoms with Crippen LogP contribution in [0.25, 0.3) is 0 Å². The lowest BCUT2D eigenvalue weighted by molar-refractivity contribution is 0.101. The molecule has 2 amide bonds. The largest absolute Gasteiger partial charge is 0.322 e. The van der Waals surface area contributed by atoms with Gasteiger partial charge in [-0.25, -0.2) is 0 Å². The van der Waals surface area contributed by atoms with Crippen LogP contribution in [0.4, 0.5) is 11.4 Å². The fraction of sp³-hybridized carbons (Fsp3) is 0.0476. The Morgan fingerprint density at radius 3 is 2.04 bits per heavy atom. The van der Waals surface area contributed by atoms with Crippen LogP contribution < -0.4 is 10.6 Å². The topological polar surface area (TPSA) is 58.2 Å². The number of amides is 2. The summed E-state index contributed by atoms with van der Waals surface area (Å²) in [6.07, 6.45) is 0. The van der Waals surface area contributed by atoms with Crippen LogP contribution in [-0.4, -0.2) is 11.8 Å². The Morgan fingerprint density at radius 1 is 0.741 bits per heavy atom. The van der Waals surface area contributed by atoms with E-state index in [9.17, 15) is 9.59 Å². The van der Waals surface area contributed by atoms with E-state index in [1.54, 1.807) is 60.7 Å². The van der Waals surface area contributed by atoms with E-state index >= 15 is 0 Å². The number of carbonyl (C=O) groups is 2. The van der Waals surface area contributed by atoms with E-state index in [4.69, 9.17) is 23.2 Å². The lowest BCUT2D eigenvalue weighted by Gasteiger charge is -2.11. The lowest BCUT2D eigenvalue weighted by atomic mass is 10.1. The van der Waals surface area contributed by atoms with Crippen LogP contribution in [0.5, 0.6) is 0 Å². The summed E-state index contributed by atoms with van der Waals surface area (Å²) >= 11 is 11.9. The summed E-state index contributed by atoms with van der Waals surface area (Å²) in [5, 5.41) is 6.45. The second kappa shape index (κ2) is 8.25. The van der Waals surface area contributed by atoms with Gasteiger partial charge in [-0.15, -0.1) is 0 Å². The molecule has 4 nitrogen and oxygen atoms in total. The van der Waals surface area contributed by atoms with E-state index in [0.717, 1.165) is 5.56 Å². The van der Waals surface area contributed by atoms with E-state index < -0.39 is 0 Å². The van der Waals surface area contributed by atoms with Gasteiger partial charge in [0.2, 0.25) is 0 Å². The Bertz CT molecular complexity index is 984. The molecule has 0 aliphatic rings. The van der Waals surface area contributed by atoms with Gasteiger partial charge in [0.15, 0.2) is 0 Å². The summed E-state index contributed by atoms with van der Waals surface area (Å²) in [6.45, 7) is 1.86. The Balaban J connectivity index is 1.80. The van der Waals surface area contributed by atoms with Gasteiger partial charge in [0.1, 0.15) is 0 Å². The quantitative estimate of drug-likeness (QED) is 0.582. The highest BCUT2D eigenvalue weighted by molar-refractivity contribution is 6.35. The highest BCUT2D eigenvalue weighted by Crippen LogP contribution is 2.24. The van der Waals surface area contributed by atoms with Crippen LogP contribution in [0, 0.1) is 6.92 Å². The van der Waals surface area contributed by atoms with Gasteiger partial charge < -0.3 is 10.6 Å². The molecule has 0 fully saturated rings. The summed E-state index contributed by atoms with van der Waals surface area (Å²) in [6, 6.07) is 18.8. The zero-order valence-corrected chi connectivity index (χ0v) is 15.9. The van der Waals surface area contributed by atoms with Gasteiger partial charge in [-0.2, -0.15) is 0 Å². The van der Waals surface area contributed by atoms with E-state index in [0.29, 0.717) is 32.5 Å². The summed E-state index contributed by atoms with van der Waals surface area (Å²) in [5.41, 5.74) is 2.86. The monoisotopic (exact) mass is 398 g/mol. The average Bonchev–Trinajstić information content (AvgIpc) is 2.63. The Hall–Kier alpha value is -2.82. The average molecular weight is 399 g/mol. The molecule has 3 aromatic carbocycles. The molecule has 0 heterocycles. The fourth-order valence-electron chi connectivity index (χ4n) is 2.51. The fourth-order valence-corrected chi connectivity index (χ4v) is 3.04. The van der Waals surface area contributed by atoms with Crippen LogP contribution in [-0.2, 0) is 0 Å². The molecule has 136 valence electrons. The van der Waals surface area contributed by atoms with E-state index in [-0.39, 0.29) is 11.8 Å². The maximum Gasteiger partial charge on any atom is 0.255 e. The molecule has 2 N–H and O–H groups in total. The number of rotatable bonds is 4. The number of nitrogens with one attached hydrogen (secondary N) is 2. The third-order valence-electron chi connectivity index (χ3n) is 3.90. The predicted molar refractivity (Wildman–Crippen MR) is 110 cm³/mol. The summed E-state index contributed by atoms with van der Waals surface area (Å²) in [5.74, 6) is -0.568. The van der Waals surface area contributed by atoms with Crippen molar-refractivity contribution in [3.8, 4) is 0 Å². The summed E-state index contributed by atoms with van der Waals surface area (Å²) in [7, 11) is 0. The molecule has 0 bridgehead atoms. The first-order chi connectivity index (χ1) is 12.9. The van der Waals surface area contributed by atoms with Gasteiger partial charge in [0.05, 0.1) is 0 Å². The minimum absolute atomic E-state index is 0.238. The number of halogens is 2. The van der Waals surface area contributed by atoms with Gasteiger partial charge >= 0.3 is 0 Å². The zero-order valence-electron chi connectivity index (χ0n) is 14.4. The first-order valence-electron chi connectivity index (χ1n) is 8.17. The molecule has 0 aliphatic carbocycles. The SMILES string of the molecule is Cc1ccc(C(=O)Nc2cc(Cl)cc(Cl)c2)cc1NC(=O)c1ccccc1. The smallest absolute Gasteiger partial charge is 0.255 e. The van der Waals surface area contributed by atoms with Crippen LogP contribution in [0.3, 0.4) is 0 Å². The standard InChI is InChI=1S/C21H16Cl2N2O2/c1-13-7-8-15(21(27)24-18-11-16(22)10-17(23)12-18)9-19(13)25-20(26)14-5-3-2-4-6-14/h2-12H,1H3,(H,24,27)(H,25,26). The maximum atomic E-state index is 12.5. The molecule has 0 saturated carbocycles. The molecule has 0 atom stereocenters. The van der Waals surface area contributed by atoms with Crippen molar-refractivity contribution >= 4 is 46.4 Å². The number of hydrogen-bond acceptors (Lipinski definition) is 2. The van der Waals surface area contributed by atoms with Crippen LogP contribution in [0.1, 0.15) is 26.3 Å². The normalized spacial score (nSPS) is 10.3. The molecule has 0 spiro atoms. The van der Waals surface area contributed by atoms with E-state index in [1.807, 2.05) is 13.0 Å². The van der Waals surface area contributed by atoms with Crippen molar-refractivity contribution in [3.05, 3.63) is 93.5 Å². The number of anilines is 2. The molecule has 0 saturated heterocycles. The number of hydrogen-bond donors (Lipinski definition) is 2. The third-order valence-corrected chi connectivity index (χ3v) is 4.34. The lowest BCUT2D eigenvalue weighted by Crippen LogP contribution is -2.15. The van der Waals surface area contributed by atoms with Gasteiger partial charge in [-0.3, -0.25) is 9.59 Å². The number of carbonyl (C=O) groups excluding carboxylic acids is 2. The number of benzene rings is 3. The molecule has 0 radical (unpaired) electrons. The van der Waals surface area contributed by atoms with Crippen molar-refractivity contribution in [2.75, 3.05) is 10.6 Å². The highest BCUT2D eigenvalue weighted by atomic mass is 35.5. The van der Waals surface area contributed by atoms with Crippen molar-refractivity contribution in [3.63, 3.8) is 0 Å². The minimum Gasteiger partial charge on any atom is -0.322 e.